The van der Waals surface area contributed by atoms with Crippen LogP contribution in [-0.4, -0.2) is 18.5 Å². The van der Waals surface area contributed by atoms with Crippen molar-refractivity contribution >= 4 is 7.26 Å². The topological polar surface area (TPSA) is 0 Å². The van der Waals surface area contributed by atoms with Gasteiger partial charge in [-0.25, -0.2) is 0 Å². The third-order valence-corrected chi connectivity index (χ3v) is 8.89. The van der Waals surface area contributed by atoms with Crippen molar-refractivity contribution in [2.24, 2.45) is 0 Å². The molecule has 0 aromatic heterocycles. The Hall–Kier alpha value is -0.610. The van der Waals surface area contributed by atoms with Crippen molar-refractivity contribution in [3.05, 3.63) is 48.6 Å². The van der Waals surface area contributed by atoms with E-state index in [0.717, 1.165) is 0 Å². The van der Waals surface area contributed by atoms with Gasteiger partial charge in [-0.15, -0.1) is 6.58 Å². The van der Waals surface area contributed by atoms with E-state index in [1.165, 1.54) is 50.3 Å². The normalized spacial score (nSPS) is 11.5. The van der Waals surface area contributed by atoms with Crippen LogP contribution < -0.4 is 0 Å². The molecule has 106 valence electrons. The summed E-state index contributed by atoms with van der Waals surface area (Å²) < 4.78 is 0. The molecule has 1 aromatic rings. The maximum Gasteiger partial charge on any atom is 0.0842 e. The van der Waals surface area contributed by atoms with Crippen molar-refractivity contribution in [3.8, 4) is 0 Å². The number of unbranched alkanes of at least 4 members (excludes halogenated alkanes) is 1. The molecule has 1 rings (SSSR count). The van der Waals surface area contributed by atoms with Gasteiger partial charge < -0.3 is 0 Å². The van der Waals surface area contributed by atoms with E-state index >= 15 is 0 Å². The van der Waals surface area contributed by atoms with Gasteiger partial charge in [-0.1, -0.05) is 50.3 Å². The monoisotopic (exact) mass is 277 g/mol. The molecule has 19 heavy (non-hydrogen) atoms. The van der Waals surface area contributed by atoms with Gasteiger partial charge in [0.15, 0.2) is 0 Å². The van der Waals surface area contributed by atoms with E-state index in [2.05, 4.69) is 56.8 Å². The Morgan fingerprint density at radius 1 is 1.00 bits per heavy atom. The van der Waals surface area contributed by atoms with Crippen LogP contribution in [0.25, 0.3) is 0 Å². The van der Waals surface area contributed by atoms with Gasteiger partial charge >= 0.3 is 0 Å². The van der Waals surface area contributed by atoms with Crippen LogP contribution in [0.3, 0.4) is 0 Å². The maximum absolute atomic E-state index is 3.87. The summed E-state index contributed by atoms with van der Waals surface area (Å²) in [4.78, 5) is 0. The summed E-state index contributed by atoms with van der Waals surface area (Å²) in [6.07, 6.45) is 13.0. The first-order valence-electron chi connectivity index (χ1n) is 7.76. The van der Waals surface area contributed by atoms with Crippen molar-refractivity contribution in [1.29, 1.82) is 0 Å². The number of hydrogen-bond acceptors (Lipinski definition) is 0. The minimum Gasteiger partial charge on any atom is -0.103 e. The number of rotatable bonds is 10. The Morgan fingerprint density at radius 2 is 1.63 bits per heavy atom. The Kier molecular flexibility index (Phi) is 8.07. The lowest BCUT2D eigenvalue weighted by Crippen LogP contribution is -2.10. The largest absolute Gasteiger partial charge is 0.103 e. The fourth-order valence-electron chi connectivity index (χ4n) is 3.06. The van der Waals surface area contributed by atoms with Crippen LogP contribution in [0.5, 0.6) is 0 Å². The Labute approximate surface area is 120 Å². The summed E-state index contributed by atoms with van der Waals surface area (Å²) in [6.45, 7) is 8.57. The van der Waals surface area contributed by atoms with E-state index in [-0.39, 0.29) is 0 Å². The quantitative estimate of drug-likeness (QED) is 0.280. The maximum atomic E-state index is 3.87. The second kappa shape index (κ2) is 9.32. The third-order valence-electron chi connectivity index (χ3n) is 3.80. The van der Waals surface area contributed by atoms with Crippen molar-refractivity contribution in [2.45, 2.75) is 45.7 Å². The zero-order chi connectivity index (χ0) is 14.0. The molecule has 0 saturated carbocycles. The summed E-state index contributed by atoms with van der Waals surface area (Å²) in [7, 11) is -0.796. The van der Waals surface area contributed by atoms with E-state index in [9.17, 15) is 0 Å². The van der Waals surface area contributed by atoms with Crippen molar-refractivity contribution in [2.75, 3.05) is 18.5 Å². The van der Waals surface area contributed by atoms with Gasteiger partial charge in [-0.05, 0) is 31.2 Å². The van der Waals surface area contributed by atoms with Gasteiger partial charge in [-0.3, -0.25) is 0 Å². The van der Waals surface area contributed by atoms with Gasteiger partial charge in [0.1, 0.15) is 0 Å². The molecule has 0 unspecified atom stereocenters. The van der Waals surface area contributed by atoms with Crippen LogP contribution in [0.2, 0.25) is 0 Å². The standard InChI is InChI=1S/C18H30P/c1-4-7-11-16-19(14-5-2,15-6-3)17-18-12-9-8-10-13-18/h4,8-10,12-13H,1,5-7,11,14-17H2,2-3H3/q+1. The summed E-state index contributed by atoms with van der Waals surface area (Å²) in [5.41, 5.74) is 1.55. The molecule has 0 amide bonds. The Bertz CT molecular complexity index is 336. The van der Waals surface area contributed by atoms with Crippen LogP contribution in [0.4, 0.5) is 0 Å². The fraction of sp³-hybridized carbons (Fsp3) is 0.556. The molecule has 1 aromatic carbocycles. The van der Waals surface area contributed by atoms with E-state index in [4.69, 9.17) is 0 Å². The molecule has 0 N–H and O–H groups in total. The minimum absolute atomic E-state index is 0.796. The van der Waals surface area contributed by atoms with Gasteiger partial charge in [0.2, 0.25) is 0 Å². The third kappa shape index (κ3) is 5.91. The number of benzene rings is 1. The molecule has 0 aliphatic carbocycles. The van der Waals surface area contributed by atoms with Gasteiger partial charge in [-0.2, -0.15) is 0 Å². The summed E-state index contributed by atoms with van der Waals surface area (Å²) in [5.74, 6) is 0. The molecule has 0 aliphatic rings. The van der Waals surface area contributed by atoms with Crippen LogP contribution in [0, 0.1) is 0 Å². The van der Waals surface area contributed by atoms with E-state index < -0.39 is 7.26 Å². The van der Waals surface area contributed by atoms with Crippen LogP contribution in [0.15, 0.2) is 43.0 Å². The highest BCUT2D eigenvalue weighted by atomic mass is 31.2. The van der Waals surface area contributed by atoms with Crippen LogP contribution >= 0.6 is 7.26 Å². The zero-order valence-electron chi connectivity index (χ0n) is 12.8. The average Bonchev–Trinajstić information content (AvgIpc) is 2.41. The molecule has 1 heteroatoms. The molecule has 0 nitrogen and oxygen atoms in total. The SMILES string of the molecule is C=CCCC[P+](CCC)(CCC)Cc1ccccc1. The Balaban J connectivity index is 2.77. The molecular formula is C18H30P+. The van der Waals surface area contributed by atoms with Gasteiger partial charge in [0.25, 0.3) is 0 Å². The molecule has 0 aliphatic heterocycles. The minimum atomic E-state index is -0.796. The molecule has 0 radical (unpaired) electrons. The smallest absolute Gasteiger partial charge is 0.0842 e. The fourth-order valence-corrected chi connectivity index (χ4v) is 7.94. The van der Waals surface area contributed by atoms with Crippen LogP contribution in [0.1, 0.15) is 45.1 Å². The van der Waals surface area contributed by atoms with Gasteiger partial charge in [0.05, 0.1) is 24.6 Å². The predicted octanol–water partition coefficient (Wildman–Crippen LogP) is 5.99. The second-order valence-corrected chi connectivity index (χ2v) is 9.93. The van der Waals surface area contributed by atoms with Crippen LogP contribution in [-0.2, 0) is 6.16 Å². The first-order chi connectivity index (χ1) is 9.26. The molecule has 0 fully saturated rings. The summed E-state index contributed by atoms with van der Waals surface area (Å²) >= 11 is 0. The summed E-state index contributed by atoms with van der Waals surface area (Å²) in [6, 6.07) is 11.1. The highest BCUT2D eigenvalue weighted by Crippen LogP contribution is 2.62. The van der Waals surface area contributed by atoms with E-state index in [1.54, 1.807) is 5.56 Å². The molecular weight excluding hydrogens is 247 g/mol. The molecule has 0 heterocycles. The first kappa shape index (κ1) is 16.4. The van der Waals surface area contributed by atoms with Gasteiger partial charge in [0, 0.05) is 7.26 Å². The lowest BCUT2D eigenvalue weighted by molar-refractivity contribution is 0.929. The summed E-state index contributed by atoms with van der Waals surface area (Å²) in [5, 5.41) is 0. The van der Waals surface area contributed by atoms with Crippen molar-refractivity contribution in [3.63, 3.8) is 0 Å². The lowest BCUT2D eigenvalue weighted by atomic mass is 10.2. The molecule has 0 bridgehead atoms. The van der Waals surface area contributed by atoms with E-state index in [1.807, 2.05) is 0 Å². The highest BCUT2D eigenvalue weighted by molar-refractivity contribution is 7.75. The molecule has 0 spiro atoms. The first-order valence-corrected chi connectivity index (χ1v) is 10.3. The highest BCUT2D eigenvalue weighted by Gasteiger charge is 2.34. The predicted molar refractivity (Wildman–Crippen MR) is 91.7 cm³/mol. The second-order valence-electron chi connectivity index (χ2n) is 5.59. The van der Waals surface area contributed by atoms with Crippen molar-refractivity contribution < 1.29 is 0 Å². The lowest BCUT2D eigenvalue weighted by Gasteiger charge is -2.27. The molecule has 0 saturated heterocycles. The van der Waals surface area contributed by atoms with Crippen molar-refractivity contribution in [1.82, 2.24) is 0 Å². The number of allylic oxidation sites excluding steroid dienone is 1. The zero-order valence-corrected chi connectivity index (χ0v) is 13.7. The number of hydrogen-bond donors (Lipinski definition) is 0. The molecule has 0 atom stereocenters. The average molecular weight is 277 g/mol. The Morgan fingerprint density at radius 3 is 2.16 bits per heavy atom. The van der Waals surface area contributed by atoms with E-state index in [0.29, 0.717) is 0 Å².